The van der Waals surface area contributed by atoms with E-state index >= 15 is 0 Å². The van der Waals surface area contributed by atoms with Crippen LogP contribution in [0.4, 0.5) is 4.39 Å². The summed E-state index contributed by atoms with van der Waals surface area (Å²) in [5.41, 5.74) is 4.41. The van der Waals surface area contributed by atoms with Gasteiger partial charge in [0, 0.05) is 6.54 Å². The van der Waals surface area contributed by atoms with Gasteiger partial charge in [0.2, 0.25) is 0 Å². The van der Waals surface area contributed by atoms with Crippen LogP contribution < -0.4 is 5.32 Å². The van der Waals surface area contributed by atoms with Gasteiger partial charge < -0.3 is 5.32 Å². The van der Waals surface area contributed by atoms with E-state index in [9.17, 15) is 4.39 Å². The van der Waals surface area contributed by atoms with Crippen molar-refractivity contribution in [2.24, 2.45) is 0 Å². The van der Waals surface area contributed by atoms with E-state index in [1.54, 1.807) is 12.1 Å². The van der Waals surface area contributed by atoms with E-state index in [1.807, 2.05) is 6.92 Å². The highest BCUT2D eigenvalue weighted by molar-refractivity contribution is 6.31. The number of halogens is 2. The molecule has 0 aromatic heterocycles. The minimum atomic E-state index is -0.383. The minimum Gasteiger partial charge on any atom is -0.313 e. The first-order valence-electron chi connectivity index (χ1n) is 6.37. The molecule has 2 aromatic rings. The predicted octanol–water partition coefficient (Wildman–Crippen LogP) is 4.56. The smallest absolute Gasteiger partial charge is 0.141 e. The summed E-state index contributed by atoms with van der Waals surface area (Å²) in [5, 5.41) is 3.46. The fraction of sp³-hybridized carbons (Fsp3) is 0.250. The van der Waals surface area contributed by atoms with Crippen LogP contribution in [0.5, 0.6) is 0 Å². The van der Waals surface area contributed by atoms with E-state index in [-0.39, 0.29) is 10.8 Å². The quantitative estimate of drug-likeness (QED) is 0.864. The van der Waals surface area contributed by atoms with Gasteiger partial charge in [-0.2, -0.15) is 0 Å². The molecule has 0 saturated carbocycles. The lowest BCUT2D eigenvalue weighted by atomic mass is 9.98. The van der Waals surface area contributed by atoms with E-state index in [0.29, 0.717) is 0 Å². The van der Waals surface area contributed by atoms with Crippen LogP contribution in [0.3, 0.4) is 0 Å². The highest BCUT2D eigenvalue weighted by Crippen LogP contribution is 2.28. The fourth-order valence-electron chi connectivity index (χ4n) is 2.02. The molecule has 1 nitrogen and oxygen atoms in total. The van der Waals surface area contributed by atoms with E-state index in [1.165, 1.54) is 11.6 Å². The van der Waals surface area contributed by atoms with Gasteiger partial charge in [-0.1, -0.05) is 36.7 Å². The zero-order valence-corrected chi connectivity index (χ0v) is 11.9. The molecule has 0 spiro atoms. The summed E-state index contributed by atoms with van der Waals surface area (Å²) in [6.07, 6.45) is 0. The predicted molar refractivity (Wildman–Crippen MR) is 79.0 cm³/mol. The van der Waals surface area contributed by atoms with Gasteiger partial charge in [0.15, 0.2) is 0 Å². The normalized spacial score (nSPS) is 10.7. The molecule has 0 atom stereocenters. The van der Waals surface area contributed by atoms with Crippen LogP contribution in [-0.4, -0.2) is 6.54 Å². The molecule has 100 valence electrons. The van der Waals surface area contributed by atoms with E-state index in [0.717, 1.165) is 29.8 Å². The standard InChI is InChI=1S/C16H17ClFN/c1-3-19-10-12-5-4-11(2)14(8-12)13-6-7-16(18)15(17)9-13/h4-9,19H,3,10H2,1-2H3. The topological polar surface area (TPSA) is 12.0 Å². The molecule has 0 heterocycles. The van der Waals surface area contributed by atoms with Crippen molar-refractivity contribution < 1.29 is 4.39 Å². The first kappa shape index (κ1) is 14.0. The van der Waals surface area contributed by atoms with Crippen LogP contribution in [0.1, 0.15) is 18.1 Å². The molecule has 3 heteroatoms. The monoisotopic (exact) mass is 277 g/mol. The second-order valence-electron chi connectivity index (χ2n) is 4.56. The van der Waals surface area contributed by atoms with Gasteiger partial charge in [-0.15, -0.1) is 0 Å². The highest BCUT2D eigenvalue weighted by Gasteiger charge is 2.06. The van der Waals surface area contributed by atoms with Crippen LogP contribution >= 0.6 is 11.6 Å². The summed E-state index contributed by atoms with van der Waals surface area (Å²) in [6.45, 7) is 5.89. The summed E-state index contributed by atoms with van der Waals surface area (Å²) < 4.78 is 13.2. The van der Waals surface area contributed by atoms with Crippen molar-refractivity contribution in [3.05, 3.63) is 58.4 Å². The van der Waals surface area contributed by atoms with Crippen LogP contribution in [-0.2, 0) is 6.54 Å². The lowest BCUT2D eigenvalue weighted by molar-refractivity contribution is 0.628. The van der Waals surface area contributed by atoms with E-state index < -0.39 is 0 Å². The molecule has 0 aliphatic rings. The number of nitrogens with one attached hydrogen (secondary N) is 1. The van der Waals surface area contributed by atoms with Crippen LogP contribution in [0, 0.1) is 12.7 Å². The molecule has 19 heavy (non-hydrogen) atoms. The van der Waals surface area contributed by atoms with Gasteiger partial charge in [-0.25, -0.2) is 4.39 Å². The molecule has 0 amide bonds. The maximum atomic E-state index is 13.2. The maximum Gasteiger partial charge on any atom is 0.141 e. The molecule has 1 N–H and O–H groups in total. The Labute approximate surface area is 118 Å². The van der Waals surface area contributed by atoms with Crippen molar-refractivity contribution in [1.82, 2.24) is 5.32 Å². The molecule has 2 rings (SSSR count). The second-order valence-corrected chi connectivity index (χ2v) is 4.97. The Bertz CT molecular complexity index is 581. The zero-order valence-electron chi connectivity index (χ0n) is 11.1. The molecule has 0 radical (unpaired) electrons. The Hall–Kier alpha value is -1.38. The van der Waals surface area contributed by atoms with Gasteiger partial charge in [0.1, 0.15) is 5.82 Å². The molecule has 0 aliphatic heterocycles. The summed E-state index contributed by atoms with van der Waals surface area (Å²) in [4.78, 5) is 0. The third-order valence-corrected chi connectivity index (χ3v) is 3.40. The van der Waals surface area contributed by atoms with Gasteiger partial charge >= 0.3 is 0 Å². The van der Waals surface area contributed by atoms with Gasteiger partial charge in [-0.05, 0) is 53.9 Å². The molecule has 0 unspecified atom stereocenters. The lowest BCUT2D eigenvalue weighted by Crippen LogP contribution is -2.11. The van der Waals surface area contributed by atoms with Crippen molar-refractivity contribution in [3.63, 3.8) is 0 Å². The van der Waals surface area contributed by atoms with Crippen LogP contribution in [0.2, 0.25) is 5.02 Å². The van der Waals surface area contributed by atoms with Crippen molar-refractivity contribution in [1.29, 1.82) is 0 Å². The SMILES string of the molecule is CCNCc1ccc(C)c(-c2ccc(F)c(Cl)c2)c1. The van der Waals surface area contributed by atoms with E-state index in [2.05, 4.69) is 30.4 Å². The van der Waals surface area contributed by atoms with Crippen LogP contribution in [0.15, 0.2) is 36.4 Å². The van der Waals surface area contributed by atoms with Crippen LogP contribution in [0.25, 0.3) is 11.1 Å². The van der Waals surface area contributed by atoms with Gasteiger partial charge in [0.05, 0.1) is 5.02 Å². The number of hydrogen-bond acceptors (Lipinski definition) is 1. The lowest BCUT2D eigenvalue weighted by Gasteiger charge is -2.10. The Morgan fingerprint density at radius 1 is 1.16 bits per heavy atom. The molecule has 0 saturated heterocycles. The fourth-order valence-corrected chi connectivity index (χ4v) is 2.20. The van der Waals surface area contributed by atoms with Gasteiger partial charge in [-0.3, -0.25) is 0 Å². The molecule has 2 aromatic carbocycles. The minimum absolute atomic E-state index is 0.161. The molecular formula is C16H17ClFN. The van der Waals surface area contributed by atoms with Crippen molar-refractivity contribution >= 4 is 11.6 Å². The third-order valence-electron chi connectivity index (χ3n) is 3.11. The Morgan fingerprint density at radius 3 is 2.63 bits per heavy atom. The maximum absolute atomic E-state index is 13.2. The summed E-state index contributed by atoms with van der Waals surface area (Å²) in [5.74, 6) is -0.383. The first-order valence-corrected chi connectivity index (χ1v) is 6.75. The molecule has 0 fully saturated rings. The van der Waals surface area contributed by atoms with Crippen molar-refractivity contribution in [2.75, 3.05) is 6.54 Å². The number of rotatable bonds is 4. The molecular weight excluding hydrogens is 261 g/mol. The molecule has 0 aliphatic carbocycles. The zero-order chi connectivity index (χ0) is 13.8. The second kappa shape index (κ2) is 6.18. The summed E-state index contributed by atoms with van der Waals surface area (Å²) in [6, 6.07) is 11.2. The Kier molecular flexibility index (Phi) is 4.56. The third kappa shape index (κ3) is 3.34. The average Bonchev–Trinajstić information content (AvgIpc) is 2.41. The number of hydrogen-bond donors (Lipinski definition) is 1. The van der Waals surface area contributed by atoms with E-state index in [4.69, 9.17) is 11.6 Å². The first-order chi connectivity index (χ1) is 9.11. The average molecular weight is 278 g/mol. The number of aryl methyl sites for hydroxylation is 1. The Balaban J connectivity index is 2.39. The number of benzene rings is 2. The Morgan fingerprint density at radius 2 is 1.95 bits per heavy atom. The largest absolute Gasteiger partial charge is 0.313 e. The van der Waals surface area contributed by atoms with Crippen molar-refractivity contribution in [2.45, 2.75) is 20.4 Å². The van der Waals surface area contributed by atoms with Gasteiger partial charge in [0.25, 0.3) is 0 Å². The molecule has 0 bridgehead atoms. The highest BCUT2D eigenvalue weighted by atomic mass is 35.5. The van der Waals surface area contributed by atoms with Crippen molar-refractivity contribution in [3.8, 4) is 11.1 Å². The summed E-state index contributed by atoms with van der Waals surface area (Å²) in [7, 11) is 0. The summed E-state index contributed by atoms with van der Waals surface area (Å²) >= 11 is 5.85.